The third-order valence-electron chi connectivity index (χ3n) is 3.86. The van der Waals surface area contributed by atoms with Gasteiger partial charge in [-0.15, -0.1) is 0 Å². The Morgan fingerprint density at radius 1 is 1.08 bits per heavy atom. The largest absolute Gasteiger partial charge is 0.476 e. The predicted molar refractivity (Wildman–Crippen MR) is 88.7 cm³/mol. The van der Waals surface area contributed by atoms with Crippen LogP contribution in [0, 0.1) is 5.82 Å². The smallest absolute Gasteiger partial charge is 0.337 e. The number of halogens is 1. The van der Waals surface area contributed by atoms with Crippen LogP contribution in [0.4, 0.5) is 4.39 Å². The van der Waals surface area contributed by atoms with Crippen LogP contribution < -0.4 is 10.1 Å². The highest BCUT2D eigenvalue weighted by molar-refractivity contribution is 5.89. The minimum absolute atomic E-state index is 0.181. The van der Waals surface area contributed by atoms with Gasteiger partial charge in [0.25, 0.3) is 5.91 Å². The van der Waals surface area contributed by atoms with Gasteiger partial charge in [0.15, 0.2) is 0 Å². The number of rotatable bonds is 6. The number of esters is 1. The van der Waals surface area contributed by atoms with Gasteiger partial charge in [-0.25, -0.2) is 9.18 Å². The Labute approximate surface area is 144 Å². The van der Waals surface area contributed by atoms with E-state index in [4.69, 9.17) is 4.74 Å². The Morgan fingerprint density at radius 3 is 2.28 bits per heavy atom. The monoisotopic (exact) mass is 343 g/mol. The molecule has 6 heteroatoms. The number of amides is 1. The first-order valence-corrected chi connectivity index (χ1v) is 7.97. The van der Waals surface area contributed by atoms with Crippen LogP contribution in [-0.2, 0) is 9.53 Å². The van der Waals surface area contributed by atoms with E-state index in [1.807, 2.05) is 0 Å². The molecule has 1 saturated carbocycles. The molecule has 1 amide bonds. The Balaban J connectivity index is 1.79. The number of methoxy groups -OCH3 is 1. The van der Waals surface area contributed by atoms with E-state index in [2.05, 4.69) is 10.1 Å². The highest BCUT2D eigenvalue weighted by Gasteiger charge is 2.29. The summed E-state index contributed by atoms with van der Waals surface area (Å²) in [5.41, 5.74) is 0.937. The zero-order valence-electron chi connectivity index (χ0n) is 13.7. The lowest BCUT2D eigenvalue weighted by Gasteiger charge is -2.19. The molecule has 3 rings (SSSR count). The molecule has 1 aliphatic carbocycles. The van der Waals surface area contributed by atoms with E-state index in [9.17, 15) is 14.0 Å². The zero-order valence-corrected chi connectivity index (χ0v) is 13.7. The van der Waals surface area contributed by atoms with Gasteiger partial charge >= 0.3 is 5.97 Å². The van der Waals surface area contributed by atoms with Crippen molar-refractivity contribution in [1.82, 2.24) is 5.32 Å². The first-order valence-electron chi connectivity index (χ1n) is 7.97. The number of nitrogens with one attached hydrogen (secondary N) is 1. The van der Waals surface area contributed by atoms with Crippen LogP contribution in [-0.4, -0.2) is 25.0 Å². The lowest BCUT2D eigenvalue weighted by molar-refractivity contribution is -0.128. The Kier molecular flexibility index (Phi) is 4.97. The topological polar surface area (TPSA) is 64.6 Å². The fraction of sp³-hybridized carbons (Fsp3) is 0.263. The quantitative estimate of drug-likeness (QED) is 0.819. The van der Waals surface area contributed by atoms with Crippen molar-refractivity contribution in [2.24, 2.45) is 0 Å². The number of hydrogen-bond acceptors (Lipinski definition) is 4. The predicted octanol–water partition coefficient (Wildman–Crippen LogP) is 3.01. The standard InChI is InChI=1S/C19H18FNO4/c1-24-19(23)13-4-10-16(11-5-13)25-17(18(22)21-15-8-9-15)12-2-6-14(20)7-3-12/h2-7,10-11,15,17H,8-9H2,1H3,(H,21,22). The number of hydrogen-bond donors (Lipinski definition) is 1. The highest BCUT2D eigenvalue weighted by Crippen LogP contribution is 2.26. The second kappa shape index (κ2) is 7.34. The molecule has 5 nitrogen and oxygen atoms in total. The molecular formula is C19H18FNO4. The molecule has 0 aliphatic heterocycles. The van der Waals surface area contributed by atoms with E-state index in [1.165, 1.54) is 31.4 Å². The molecule has 130 valence electrons. The van der Waals surface area contributed by atoms with Gasteiger partial charge in [-0.2, -0.15) is 0 Å². The van der Waals surface area contributed by atoms with Gasteiger partial charge in [-0.1, -0.05) is 12.1 Å². The number of benzene rings is 2. The highest BCUT2D eigenvalue weighted by atomic mass is 19.1. The second-order valence-electron chi connectivity index (χ2n) is 5.85. The molecule has 2 aromatic carbocycles. The van der Waals surface area contributed by atoms with E-state index in [0.29, 0.717) is 16.9 Å². The normalized spacial score (nSPS) is 14.5. The third kappa shape index (κ3) is 4.35. The van der Waals surface area contributed by atoms with Gasteiger partial charge in [-0.3, -0.25) is 4.79 Å². The maximum Gasteiger partial charge on any atom is 0.337 e. The van der Waals surface area contributed by atoms with Crippen LogP contribution in [0.15, 0.2) is 48.5 Å². The second-order valence-corrected chi connectivity index (χ2v) is 5.85. The van der Waals surface area contributed by atoms with Gasteiger partial charge in [0.2, 0.25) is 6.10 Å². The zero-order chi connectivity index (χ0) is 17.8. The molecule has 0 radical (unpaired) electrons. The maximum atomic E-state index is 13.2. The molecule has 0 spiro atoms. The summed E-state index contributed by atoms with van der Waals surface area (Å²) in [7, 11) is 1.31. The maximum absolute atomic E-state index is 13.2. The van der Waals surface area contributed by atoms with Crippen LogP contribution in [0.2, 0.25) is 0 Å². The van der Waals surface area contributed by atoms with Crippen LogP contribution in [0.3, 0.4) is 0 Å². The molecular weight excluding hydrogens is 325 g/mol. The average molecular weight is 343 g/mol. The summed E-state index contributed by atoms with van der Waals surface area (Å²) in [6.45, 7) is 0. The molecule has 0 heterocycles. The first-order chi connectivity index (χ1) is 12.1. The van der Waals surface area contributed by atoms with Crippen LogP contribution >= 0.6 is 0 Å². The van der Waals surface area contributed by atoms with Gasteiger partial charge < -0.3 is 14.8 Å². The van der Waals surface area contributed by atoms with Crippen LogP contribution in [0.5, 0.6) is 5.75 Å². The van der Waals surface area contributed by atoms with Gasteiger partial charge in [0.05, 0.1) is 12.7 Å². The van der Waals surface area contributed by atoms with Crippen molar-refractivity contribution in [2.75, 3.05) is 7.11 Å². The SMILES string of the molecule is COC(=O)c1ccc(OC(C(=O)NC2CC2)c2ccc(F)cc2)cc1. The van der Waals surface area contributed by atoms with Crippen molar-refractivity contribution in [1.29, 1.82) is 0 Å². The van der Waals surface area contributed by atoms with E-state index >= 15 is 0 Å². The third-order valence-corrected chi connectivity index (χ3v) is 3.86. The van der Waals surface area contributed by atoms with E-state index < -0.39 is 12.1 Å². The van der Waals surface area contributed by atoms with Crippen molar-refractivity contribution in [2.45, 2.75) is 25.0 Å². The first kappa shape index (κ1) is 17.0. The summed E-state index contributed by atoms with van der Waals surface area (Å²) in [6.07, 6.45) is 1.01. The van der Waals surface area contributed by atoms with Crippen molar-refractivity contribution >= 4 is 11.9 Å². The summed E-state index contributed by atoms with van der Waals surface area (Å²) >= 11 is 0. The Hall–Kier alpha value is -2.89. The molecule has 0 saturated heterocycles. The fourth-order valence-corrected chi connectivity index (χ4v) is 2.34. The van der Waals surface area contributed by atoms with Crippen molar-refractivity contribution in [3.05, 3.63) is 65.5 Å². The Bertz CT molecular complexity index is 754. The molecule has 0 aromatic heterocycles. The summed E-state index contributed by atoms with van der Waals surface area (Å²) in [5, 5.41) is 2.89. The molecule has 1 fully saturated rings. The lowest BCUT2D eigenvalue weighted by Crippen LogP contribution is -2.33. The number of carbonyl (C=O) groups excluding carboxylic acids is 2. The average Bonchev–Trinajstić information content (AvgIpc) is 3.44. The van der Waals surface area contributed by atoms with E-state index in [-0.39, 0.29) is 17.8 Å². The molecule has 0 bridgehead atoms. The van der Waals surface area contributed by atoms with Crippen LogP contribution in [0.25, 0.3) is 0 Å². The molecule has 1 atom stereocenters. The summed E-state index contributed by atoms with van der Waals surface area (Å²) in [4.78, 5) is 24.0. The molecule has 1 N–H and O–H groups in total. The van der Waals surface area contributed by atoms with Crippen LogP contribution in [0.1, 0.15) is 34.9 Å². The van der Waals surface area contributed by atoms with Crippen molar-refractivity contribution < 1.29 is 23.5 Å². The number of carbonyl (C=O) groups is 2. The fourth-order valence-electron chi connectivity index (χ4n) is 2.34. The lowest BCUT2D eigenvalue weighted by atomic mass is 10.1. The molecule has 25 heavy (non-hydrogen) atoms. The molecule has 1 aliphatic rings. The van der Waals surface area contributed by atoms with E-state index in [1.54, 1.807) is 24.3 Å². The van der Waals surface area contributed by atoms with Gasteiger partial charge in [0.1, 0.15) is 11.6 Å². The minimum atomic E-state index is -0.898. The van der Waals surface area contributed by atoms with Gasteiger partial charge in [0, 0.05) is 11.6 Å². The summed E-state index contributed by atoms with van der Waals surface area (Å²) < 4.78 is 23.6. The van der Waals surface area contributed by atoms with Gasteiger partial charge in [-0.05, 0) is 49.2 Å². The van der Waals surface area contributed by atoms with Crippen molar-refractivity contribution in [3.63, 3.8) is 0 Å². The Morgan fingerprint density at radius 2 is 1.72 bits per heavy atom. The number of ether oxygens (including phenoxy) is 2. The molecule has 2 aromatic rings. The molecule has 1 unspecified atom stereocenters. The summed E-state index contributed by atoms with van der Waals surface area (Å²) in [6, 6.07) is 12.1. The minimum Gasteiger partial charge on any atom is -0.476 e. The summed E-state index contributed by atoms with van der Waals surface area (Å²) in [5.74, 6) is -0.681. The van der Waals surface area contributed by atoms with Crippen molar-refractivity contribution in [3.8, 4) is 5.75 Å². The van der Waals surface area contributed by atoms with E-state index in [0.717, 1.165) is 12.8 Å².